The van der Waals surface area contributed by atoms with E-state index in [0.717, 1.165) is 0 Å². The topological polar surface area (TPSA) is 89.3 Å². The van der Waals surface area contributed by atoms with Crippen molar-refractivity contribution in [2.45, 2.75) is 19.9 Å². The van der Waals surface area contributed by atoms with Crippen molar-refractivity contribution in [2.75, 3.05) is 0 Å². The normalized spacial score (nSPS) is 23.1. The second kappa shape index (κ2) is 2.96. The Hall–Kier alpha value is -1.72. The van der Waals surface area contributed by atoms with Crippen molar-refractivity contribution in [2.24, 2.45) is 0 Å². The summed E-state index contributed by atoms with van der Waals surface area (Å²) in [5.41, 5.74) is 0.620. The number of hydrogen-bond donors (Lipinski definition) is 1. The van der Waals surface area contributed by atoms with Gasteiger partial charge in [0.2, 0.25) is 5.78 Å². The summed E-state index contributed by atoms with van der Waals surface area (Å²) < 4.78 is 0. The minimum Gasteiger partial charge on any atom is -0.323 e. The third-order valence-electron chi connectivity index (χ3n) is 1.95. The largest absolute Gasteiger partial charge is 0.351 e. The van der Waals surface area contributed by atoms with E-state index in [9.17, 15) is 19.7 Å². The number of amides is 1. The molecule has 1 amide bonds. The van der Waals surface area contributed by atoms with E-state index in [1.165, 1.54) is 13.8 Å². The average Bonchev–Trinajstić information content (AvgIpc) is 1.99. The molecule has 13 heavy (non-hydrogen) atoms. The van der Waals surface area contributed by atoms with Gasteiger partial charge in [0.15, 0.2) is 0 Å². The molecular weight excluding hydrogens is 176 g/mol. The van der Waals surface area contributed by atoms with Gasteiger partial charge in [-0.1, -0.05) is 0 Å². The lowest BCUT2D eigenvalue weighted by atomic mass is 10.00. The molecule has 0 radical (unpaired) electrons. The smallest absolute Gasteiger partial charge is 0.323 e. The summed E-state index contributed by atoms with van der Waals surface area (Å²) in [7, 11) is 0. The third kappa shape index (κ3) is 1.42. The van der Waals surface area contributed by atoms with Gasteiger partial charge in [-0.25, -0.2) is 0 Å². The van der Waals surface area contributed by atoms with Crippen LogP contribution in [0.2, 0.25) is 0 Å². The third-order valence-corrected chi connectivity index (χ3v) is 1.95. The summed E-state index contributed by atoms with van der Waals surface area (Å²) in [6, 6.07) is -1.77. The van der Waals surface area contributed by atoms with Crippen LogP contribution in [0, 0.1) is 10.1 Å². The Morgan fingerprint density at radius 1 is 1.38 bits per heavy atom. The summed E-state index contributed by atoms with van der Waals surface area (Å²) in [6.45, 7) is 2.98. The van der Waals surface area contributed by atoms with E-state index >= 15 is 0 Å². The van der Waals surface area contributed by atoms with E-state index in [1.54, 1.807) is 0 Å². The van der Waals surface area contributed by atoms with Crippen molar-refractivity contribution in [3.8, 4) is 0 Å². The molecule has 0 aromatic heterocycles. The van der Waals surface area contributed by atoms with E-state index in [-0.39, 0.29) is 5.57 Å². The molecule has 1 heterocycles. The maximum Gasteiger partial charge on any atom is 0.351 e. The van der Waals surface area contributed by atoms with Crippen LogP contribution in [0.15, 0.2) is 11.3 Å². The second-order valence-corrected chi connectivity index (χ2v) is 2.79. The zero-order chi connectivity index (χ0) is 10.2. The first-order valence-corrected chi connectivity index (χ1v) is 3.61. The van der Waals surface area contributed by atoms with Crippen molar-refractivity contribution >= 4 is 11.7 Å². The maximum absolute atomic E-state index is 11.2. The summed E-state index contributed by atoms with van der Waals surface area (Å²) >= 11 is 0. The van der Waals surface area contributed by atoms with Crippen molar-refractivity contribution < 1.29 is 14.5 Å². The molecule has 1 aliphatic heterocycles. The molecule has 0 fully saturated rings. The van der Waals surface area contributed by atoms with E-state index in [4.69, 9.17) is 0 Å². The van der Waals surface area contributed by atoms with Crippen molar-refractivity contribution in [3.05, 3.63) is 21.4 Å². The number of Topliss-reactive ketones (excluding diaryl/α,β-unsaturated/α-hetero) is 1. The fraction of sp³-hybridized carbons (Fsp3) is 0.429. The molecular formula is C7H8N2O4. The van der Waals surface area contributed by atoms with Crippen LogP contribution in [0.3, 0.4) is 0 Å². The lowest BCUT2D eigenvalue weighted by Gasteiger charge is -2.17. The van der Waals surface area contributed by atoms with Crippen LogP contribution < -0.4 is 5.32 Å². The highest BCUT2D eigenvalue weighted by atomic mass is 16.6. The predicted molar refractivity (Wildman–Crippen MR) is 42.3 cm³/mol. The lowest BCUT2D eigenvalue weighted by molar-refractivity contribution is -0.493. The van der Waals surface area contributed by atoms with Crippen molar-refractivity contribution in [3.63, 3.8) is 0 Å². The predicted octanol–water partition coefficient (Wildman–Crippen LogP) is -0.376. The van der Waals surface area contributed by atoms with Gasteiger partial charge in [0.25, 0.3) is 0 Å². The number of ketones is 1. The first kappa shape index (κ1) is 9.37. The van der Waals surface area contributed by atoms with Crippen LogP contribution in [-0.2, 0) is 9.59 Å². The Labute approximate surface area is 73.8 Å². The van der Waals surface area contributed by atoms with Gasteiger partial charge in [-0.2, -0.15) is 0 Å². The molecule has 1 N–H and O–H groups in total. The number of allylic oxidation sites excluding steroid dienone is 1. The zero-order valence-corrected chi connectivity index (χ0v) is 7.16. The Morgan fingerprint density at radius 3 is 2.38 bits per heavy atom. The number of rotatable bonds is 1. The van der Waals surface area contributed by atoms with E-state index in [2.05, 4.69) is 5.32 Å². The minimum absolute atomic E-state index is 0.237. The summed E-state index contributed by atoms with van der Waals surface area (Å²) in [6.07, 6.45) is 0. The minimum atomic E-state index is -1.77. The zero-order valence-electron chi connectivity index (χ0n) is 7.16. The molecule has 6 nitrogen and oxygen atoms in total. The molecule has 0 saturated carbocycles. The van der Waals surface area contributed by atoms with Crippen LogP contribution in [0.1, 0.15) is 13.8 Å². The molecule has 0 bridgehead atoms. The highest BCUT2D eigenvalue weighted by Gasteiger charge is 2.42. The second-order valence-electron chi connectivity index (χ2n) is 2.79. The highest BCUT2D eigenvalue weighted by molar-refractivity contribution is 6.14. The van der Waals surface area contributed by atoms with E-state index < -0.39 is 22.7 Å². The standard InChI is InChI=1S/C7H8N2O4/c1-3-4(2)8-7(11)5(6(3)10)9(12)13/h5H,1-2H3,(H,8,11). The monoisotopic (exact) mass is 184 g/mol. The molecule has 0 aliphatic carbocycles. The van der Waals surface area contributed by atoms with Gasteiger partial charge in [-0.3, -0.25) is 19.7 Å². The number of nitro groups is 1. The molecule has 0 saturated heterocycles. The Bertz CT molecular complexity index is 331. The van der Waals surface area contributed by atoms with Crippen molar-refractivity contribution in [1.29, 1.82) is 0 Å². The molecule has 0 spiro atoms. The van der Waals surface area contributed by atoms with Gasteiger partial charge in [0.05, 0.1) is 0 Å². The van der Waals surface area contributed by atoms with Crippen LogP contribution in [0.25, 0.3) is 0 Å². The van der Waals surface area contributed by atoms with Crippen LogP contribution >= 0.6 is 0 Å². The molecule has 1 aliphatic rings. The SMILES string of the molecule is CC1=C(C)C(=O)C([N+](=O)[O-])C(=O)N1. The highest BCUT2D eigenvalue weighted by Crippen LogP contribution is 2.12. The average molecular weight is 184 g/mol. The summed E-state index contributed by atoms with van der Waals surface area (Å²) in [4.78, 5) is 31.7. The maximum atomic E-state index is 11.2. The number of carbonyl (C=O) groups is 2. The Kier molecular flexibility index (Phi) is 2.14. The molecule has 0 aromatic rings. The van der Waals surface area contributed by atoms with Gasteiger partial charge in [0, 0.05) is 16.2 Å². The Morgan fingerprint density at radius 2 is 1.92 bits per heavy atom. The fourth-order valence-electron chi connectivity index (χ4n) is 1.05. The molecule has 0 aromatic carbocycles. The molecule has 6 heteroatoms. The summed E-state index contributed by atoms with van der Waals surface area (Å²) in [5.74, 6) is -1.59. The molecule has 1 atom stereocenters. The van der Waals surface area contributed by atoms with Crippen LogP contribution in [-0.4, -0.2) is 22.7 Å². The van der Waals surface area contributed by atoms with Crippen LogP contribution in [0.5, 0.6) is 0 Å². The van der Waals surface area contributed by atoms with Gasteiger partial charge in [-0.15, -0.1) is 0 Å². The van der Waals surface area contributed by atoms with E-state index in [1.807, 2.05) is 0 Å². The first-order chi connectivity index (χ1) is 5.95. The first-order valence-electron chi connectivity index (χ1n) is 3.61. The quantitative estimate of drug-likeness (QED) is 0.342. The summed E-state index contributed by atoms with van der Waals surface area (Å²) in [5, 5.41) is 12.6. The molecule has 70 valence electrons. The molecule has 1 rings (SSSR count). The number of hydrogen-bond acceptors (Lipinski definition) is 4. The van der Waals surface area contributed by atoms with Gasteiger partial charge in [-0.05, 0) is 13.8 Å². The number of nitrogens with one attached hydrogen (secondary N) is 1. The van der Waals surface area contributed by atoms with Gasteiger partial charge >= 0.3 is 11.9 Å². The van der Waals surface area contributed by atoms with Gasteiger partial charge < -0.3 is 5.32 Å². The molecule has 1 unspecified atom stereocenters. The number of carbonyl (C=O) groups excluding carboxylic acids is 2. The van der Waals surface area contributed by atoms with Gasteiger partial charge in [0.1, 0.15) is 0 Å². The van der Waals surface area contributed by atoms with E-state index in [0.29, 0.717) is 5.70 Å². The van der Waals surface area contributed by atoms with Crippen LogP contribution in [0.4, 0.5) is 0 Å². The van der Waals surface area contributed by atoms with Crippen molar-refractivity contribution in [1.82, 2.24) is 5.32 Å². The lowest BCUT2D eigenvalue weighted by Crippen LogP contribution is -2.49. The Balaban J connectivity index is 3.12. The number of nitrogens with zero attached hydrogens (tertiary/aromatic N) is 1. The fourth-order valence-corrected chi connectivity index (χ4v) is 1.05.